The molecule has 0 saturated carbocycles. The molecule has 15 heavy (non-hydrogen) atoms. The van der Waals surface area contributed by atoms with Crippen LogP contribution < -0.4 is 11.5 Å². The molecular weight excluding hydrogens is 194 g/mol. The lowest BCUT2D eigenvalue weighted by atomic mass is 9.99. The zero-order valence-corrected chi connectivity index (χ0v) is 9.62. The minimum Gasteiger partial charge on any atom is -0.464 e. The molecule has 0 aliphatic carbocycles. The van der Waals surface area contributed by atoms with Crippen LogP contribution in [0.15, 0.2) is 17.1 Å². The molecule has 0 fully saturated rings. The summed E-state index contributed by atoms with van der Waals surface area (Å²) in [5, 5.41) is 0. The summed E-state index contributed by atoms with van der Waals surface area (Å²) in [7, 11) is 1.36. The van der Waals surface area contributed by atoms with Gasteiger partial charge in [-0.15, -0.1) is 0 Å². The van der Waals surface area contributed by atoms with Gasteiger partial charge in [0.1, 0.15) is 0 Å². The van der Waals surface area contributed by atoms with Gasteiger partial charge in [-0.05, 0) is 6.92 Å². The molecule has 5 heteroatoms. The van der Waals surface area contributed by atoms with Crippen LogP contribution in [0.2, 0.25) is 0 Å². The second-order valence-electron chi connectivity index (χ2n) is 3.71. The third-order valence-electron chi connectivity index (χ3n) is 1.86. The van der Waals surface area contributed by atoms with E-state index in [1.165, 1.54) is 7.11 Å². The van der Waals surface area contributed by atoms with Gasteiger partial charge in [0.15, 0.2) is 5.54 Å². The van der Waals surface area contributed by atoms with Gasteiger partial charge in [0.2, 0.25) is 0 Å². The predicted molar refractivity (Wildman–Crippen MR) is 59.2 cm³/mol. The van der Waals surface area contributed by atoms with E-state index in [0.717, 1.165) is 0 Å². The number of esters is 1. The van der Waals surface area contributed by atoms with Crippen molar-refractivity contribution in [3.8, 4) is 0 Å². The Morgan fingerprint density at radius 2 is 2.20 bits per heavy atom. The topological polar surface area (TPSA) is 92.3 Å². The molecule has 0 aromatic rings. The molecule has 0 heterocycles. The number of aliphatic imine (C=N–C) groups is 1. The summed E-state index contributed by atoms with van der Waals surface area (Å²) in [5.74, 6) is 0.232. The Morgan fingerprint density at radius 3 is 2.67 bits per heavy atom. The van der Waals surface area contributed by atoms with E-state index in [1.807, 2.05) is 12.2 Å². The Kier molecular flexibility index (Phi) is 5.62. The monoisotopic (exact) mass is 214 g/mol. The summed E-state index contributed by atoms with van der Waals surface area (Å²) >= 11 is 0. The zero-order valence-electron chi connectivity index (χ0n) is 9.62. The first-order chi connectivity index (χ1) is 6.90. The van der Waals surface area contributed by atoms with Gasteiger partial charge < -0.3 is 16.2 Å². The van der Waals surface area contributed by atoms with Crippen molar-refractivity contribution in [3.05, 3.63) is 12.2 Å². The van der Waals surface area contributed by atoms with Gasteiger partial charge in [-0.1, -0.05) is 12.2 Å². The summed E-state index contributed by atoms with van der Waals surface area (Å²) in [6.45, 7) is 3.99. The highest BCUT2D eigenvalue weighted by Crippen LogP contribution is 2.05. The number of hydrogen-bond acceptors (Lipinski definition) is 3. The highest BCUT2D eigenvalue weighted by Gasteiger charge is 2.32. The van der Waals surface area contributed by atoms with Gasteiger partial charge in [-0.25, -0.2) is 4.79 Å². The summed E-state index contributed by atoms with van der Waals surface area (Å²) in [6, 6.07) is 0. The average Bonchev–Trinajstić information content (AvgIpc) is 2.15. The molecule has 5 N–H and O–H groups in total. The molecule has 1 unspecified atom stereocenters. The molecule has 0 rings (SSSR count). The van der Waals surface area contributed by atoms with E-state index in [0.29, 0.717) is 18.8 Å². The van der Waals surface area contributed by atoms with E-state index in [2.05, 4.69) is 15.5 Å². The molecular formula is C10H20N3O2+. The summed E-state index contributed by atoms with van der Waals surface area (Å²) in [6.07, 6.45) is 4.23. The Balaban J connectivity index is 4.04. The minimum absolute atomic E-state index is 0.314. The van der Waals surface area contributed by atoms with E-state index in [9.17, 15) is 4.79 Å². The molecule has 86 valence electrons. The lowest BCUT2D eigenvalue weighted by molar-refractivity contribution is -0.455. The van der Waals surface area contributed by atoms with Gasteiger partial charge >= 0.3 is 5.97 Å². The second-order valence-corrected chi connectivity index (χ2v) is 3.71. The fraction of sp³-hybridized carbons (Fsp3) is 0.600. The highest BCUT2D eigenvalue weighted by molar-refractivity contribution is 5.78. The molecule has 0 aliphatic heterocycles. The Morgan fingerprint density at radius 1 is 1.60 bits per heavy atom. The fourth-order valence-electron chi connectivity index (χ4n) is 0.944. The molecule has 0 aliphatic rings. The van der Waals surface area contributed by atoms with Crippen molar-refractivity contribution in [1.82, 2.24) is 0 Å². The van der Waals surface area contributed by atoms with E-state index < -0.39 is 5.54 Å². The van der Waals surface area contributed by atoms with Crippen LogP contribution >= 0.6 is 0 Å². The maximum absolute atomic E-state index is 11.2. The molecule has 0 saturated heterocycles. The largest absolute Gasteiger partial charge is 0.464 e. The average molecular weight is 214 g/mol. The van der Waals surface area contributed by atoms with Crippen molar-refractivity contribution in [2.24, 2.45) is 10.7 Å². The number of amidine groups is 1. The number of rotatable bonds is 5. The standard InChI is InChI=1S/C10H19N3O2/c1-8(11)13-7-5-4-6-10(2,12)9(14)15-3/h4-5H,6-7,12H2,1-3H3,(H2,11,13)/p+1/b5-4+. The Hall–Kier alpha value is -1.36. The SMILES string of the molecule is COC(=O)C(C)([NH3+])C/C=C/CN=C(C)N. The third-order valence-corrected chi connectivity index (χ3v) is 1.86. The first-order valence-electron chi connectivity index (χ1n) is 4.75. The zero-order chi connectivity index (χ0) is 11.9. The first kappa shape index (κ1) is 13.6. The van der Waals surface area contributed by atoms with Crippen molar-refractivity contribution in [2.75, 3.05) is 13.7 Å². The summed E-state index contributed by atoms with van der Waals surface area (Å²) in [4.78, 5) is 15.2. The number of nitrogens with zero attached hydrogens (tertiary/aromatic N) is 1. The van der Waals surface area contributed by atoms with Crippen molar-refractivity contribution in [2.45, 2.75) is 25.8 Å². The molecule has 0 aromatic carbocycles. The maximum atomic E-state index is 11.2. The van der Waals surface area contributed by atoms with Crippen LogP contribution in [0.25, 0.3) is 0 Å². The predicted octanol–water partition coefficient (Wildman–Crippen LogP) is -0.517. The van der Waals surface area contributed by atoms with Gasteiger partial charge in [0, 0.05) is 13.3 Å². The van der Waals surface area contributed by atoms with Crippen LogP contribution in [0.5, 0.6) is 0 Å². The molecule has 0 bridgehead atoms. The number of ether oxygens (including phenoxy) is 1. The number of carbonyl (C=O) groups is 1. The van der Waals surface area contributed by atoms with Crippen LogP contribution in [0.4, 0.5) is 0 Å². The Labute approximate surface area is 90.2 Å². The van der Waals surface area contributed by atoms with Gasteiger partial charge in [-0.2, -0.15) is 0 Å². The van der Waals surface area contributed by atoms with E-state index in [-0.39, 0.29) is 5.97 Å². The van der Waals surface area contributed by atoms with Crippen LogP contribution in [0.1, 0.15) is 20.3 Å². The molecule has 5 nitrogen and oxygen atoms in total. The highest BCUT2D eigenvalue weighted by atomic mass is 16.5. The number of nitrogens with two attached hydrogens (primary N) is 1. The minimum atomic E-state index is -0.729. The lowest BCUT2D eigenvalue weighted by Gasteiger charge is -2.15. The molecule has 0 spiro atoms. The molecule has 1 atom stereocenters. The normalized spacial score (nSPS) is 16.4. The van der Waals surface area contributed by atoms with Crippen LogP contribution in [-0.2, 0) is 9.53 Å². The van der Waals surface area contributed by atoms with Crippen LogP contribution in [-0.4, -0.2) is 31.0 Å². The van der Waals surface area contributed by atoms with Crippen LogP contribution in [0.3, 0.4) is 0 Å². The van der Waals surface area contributed by atoms with Crippen molar-refractivity contribution in [1.29, 1.82) is 0 Å². The second kappa shape index (κ2) is 6.19. The van der Waals surface area contributed by atoms with Crippen molar-refractivity contribution in [3.63, 3.8) is 0 Å². The number of hydrogen-bond donors (Lipinski definition) is 2. The number of carbonyl (C=O) groups excluding carboxylic acids is 1. The van der Waals surface area contributed by atoms with Gasteiger partial charge in [0.25, 0.3) is 0 Å². The molecule has 0 radical (unpaired) electrons. The van der Waals surface area contributed by atoms with Gasteiger partial charge in [0.05, 0.1) is 19.5 Å². The molecule has 0 aromatic heterocycles. The first-order valence-corrected chi connectivity index (χ1v) is 4.75. The van der Waals surface area contributed by atoms with Crippen molar-refractivity contribution < 1.29 is 15.3 Å². The lowest BCUT2D eigenvalue weighted by Crippen LogP contribution is -2.75. The van der Waals surface area contributed by atoms with E-state index >= 15 is 0 Å². The van der Waals surface area contributed by atoms with E-state index in [1.54, 1.807) is 13.8 Å². The number of methoxy groups -OCH3 is 1. The summed E-state index contributed by atoms with van der Waals surface area (Å²) < 4.78 is 4.63. The smallest absolute Gasteiger partial charge is 0.367 e. The maximum Gasteiger partial charge on any atom is 0.367 e. The van der Waals surface area contributed by atoms with E-state index in [4.69, 9.17) is 5.73 Å². The molecule has 0 amide bonds. The van der Waals surface area contributed by atoms with Crippen molar-refractivity contribution >= 4 is 11.8 Å². The fourth-order valence-corrected chi connectivity index (χ4v) is 0.944. The Bertz CT molecular complexity index is 266. The summed E-state index contributed by atoms with van der Waals surface area (Å²) in [5.41, 5.74) is 8.42. The number of quaternary nitrogens is 1. The third kappa shape index (κ3) is 5.85. The van der Waals surface area contributed by atoms with Crippen LogP contribution in [0, 0.1) is 0 Å². The van der Waals surface area contributed by atoms with Gasteiger partial charge in [-0.3, -0.25) is 4.99 Å². The quantitative estimate of drug-likeness (QED) is 0.279.